The predicted octanol–water partition coefficient (Wildman–Crippen LogP) is 2.38. The molecule has 124 valence electrons. The zero-order chi connectivity index (χ0) is 17.3. The number of H-pyrrole nitrogens is 1. The smallest absolute Gasteiger partial charge is 0.274 e. The molecule has 0 saturated heterocycles. The highest BCUT2D eigenvalue weighted by molar-refractivity contribution is 7.13. The highest BCUT2D eigenvalue weighted by Gasteiger charge is 2.18. The first-order valence-corrected chi connectivity index (χ1v) is 8.38. The van der Waals surface area contributed by atoms with Gasteiger partial charge in [0.25, 0.3) is 11.5 Å². The molecule has 3 aromatic rings. The fourth-order valence-corrected chi connectivity index (χ4v) is 3.40. The largest absolute Gasteiger partial charge is 0.462 e. The summed E-state index contributed by atoms with van der Waals surface area (Å²) in [4.78, 5) is 27.9. The van der Waals surface area contributed by atoms with E-state index in [0.29, 0.717) is 28.4 Å². The van der Waals surface area contributed by atoms with Crippen LogP contribution in [0.1, 0.15) is 35.5 Å². The fraction of sp³-hybridized carbons (Fsp3) is 0.250. The van der Waals surface area contributed by atoms with Gasteiger partial charge in [0.05, 0.1) is 16.8 Å². The summed E-state index contributed by atoms with van der Waals surface area (Å²) in [5.74, 6) is -0.127. The molecule has 0 fully saturated rings. The number of carbonyl (C=O) groups excluding carboxylic acids is 1. The van der Waals surface area contributed by atoms with Crippen molar-refractivity contribution in [3.05, 3.63) is 44.9 Å². The number of carbonyl (C=O) groups is 1. The van der Waals surface area contributed by atoms with Crippen LogP contribution in [0.25, 0.3) is 22.0 Å². The average molecular weight is 344 g/mol. The Morgan fingerprint density at radius 2 is 2.17 bits per heavy atom. The van der Waals surface area contributed by atoms with Crippen LogP contribution in [0.3, 0.4) is 0 Å². The molecular weight excluding hydrogens is 328 g/mol. The van der Waals surface area contributed by atoms with Crippen LogP contribution in [0.5, 0.6) is 0 Å². The van der Waals surface area contributed by atoms with E-state index in [1.54, 1.807) is 5.38 Å². The molecule has 0 aliphatic carbocycles. The molecule has 0 bridgehead atoms. The monoisotopic (exact) mass is 344 g/mol. The number of thiazole rings is 1. The van der Waals surface area contributed by atoms with Crippen molar-refractivity contribution in [3.63, 3.8) is 0 Å². The van der Waals surface area contributed by atoms with Crippen LogP contribution < -0.4 is 11.3 Å². The van der Waals surface area contributed by atoms with Gasteiger partial charge in [0.1, 0.15) is 17.0 Å². The molecule has 8 heteroatoms. The number of nitrogens with one attached hydrogen (secondary N) is 1. The van der Waals surface area contributed by atoms with E-state index in [0.717, 1.165) is 17.7 Å². The number of hydrogen-bond acceptors (Lipinski definition) is 6. The third-order valence-electron chi connectivity index (χ3n) is 3.71. The maximum Gasteiger partial charge on any atom is 0.274 e. The quantitative estimate of drug-likeness (QED) is 0.737. The SMILES string of the molecule is CCc1n[nH]c(=O)c(-c2nc(-c3cc(C(N)=O)co3)cs2)c1CC. The number of aryl methyl sites for hydroxylation is 1. The Kier molecular flexibility index (Phi) is 4.30. The Morgan fingerprint density at radius 3 is 2.79 bits per heavy atom. The van der Waals surface area contributed by atoms with Crippen LogP contribution in [0.15, 0.2) is 26.9 Å². The van der Waals surface area contributed by atoms with Gasteiger partial charge in [-0.25, -0.2) is 10.1 Å². The van der Waals surface area contributed by atoms with Gasteiger partial charge in [0.2, 0.25) is 0 Å². The van der Waals surface area contributed by atoms with Gasteiger partial charge in [-0.15, -0.1) is 11.3 Å². The minimum atomic E-state index is -0.563. The molecule has 3 aromatic heterocycles. The highest BCUT2D eigenvalue weighted by atomic mass is 32.1. The van der Waals surface area contributed by atoms with Gasteiger partial charge in [0.15, 0.2) is 5.76 Å². The first kappa shape index (κ1) is 16.1. The normalized spacial score (nSPS) is 10.9. The highest BCUT2D eigenvalue weighted by Crippen LogP contribution is 2.30. The van der Waals surface area contributed by atoms with Crippen LogP contribution in [0.4, 0.5) is 0 Å². The van der Waals surface area contributed by atoms with Gasteiger partial charge in [0, 0.05) is 5.38 Å². The summed E-state index contributed by atoms with van der Waals surface area (Å²) < 4.78 is 5.34. The van der Waals surface area contributed by atoms with Crippen molar-refractivity contribution in [2.75, 3.05) is 0 Å². The molecule has 3 rings (SSSR count). The van der Waals surface area contributed by atoms with Crippen molar-refractivity contribution in [1.29, 1.82) is 0 Å². The van der Waals surface area contributed by atoms with Gasteiger partial charge in [-0.3, -0.25) is 9.59 Å². The average Bonchev–Trinajstić information content (AvgIpc) is 3.23. The molecule has 0 aliphatic rings. The topological polar surface area (TPSA) is 115 Å². The summed E-state index contributed by atoms with van der Waals surface area (Å²) >= 11 is 1.34. The van der Waals surface area contributed by atoms with Gasteiger partial charge in [-0.2, -0.15) is 5.10 Å². The lowest BCUT2D eigenvalue weighted by atomic mass is 10.0. The number of aromatic amines is 1. The van der Waals surface area contributed by atoms with Crippen molar-refractivity contribution in [3.8, 4) is 22.0 Å². The molecule has 0 unspecified atom stereocenters. The molecule has 1 amide bonds. The Morgan fingerprint density at radius 1 is 1.38 bits per heavy atom. The first-order valence-electron chi connectivity index (χ1n) is 7.50. The molecule has 24 heavy (non-hydrogen) atoms. The van der Waals surface area contributed by atoms with Crippen molar-refractivity contribution in [2.45, 2.75) is 26.7 Å². The minimum Gasteiger partial charge on any atom is -0.462 e. The van der Waals surface area contributed by atoms with Crippen LogP contribution >= 0.6 is 11.3 Å². The number of aromatic nitrogens is 3. The number of amides is 1. The van der Waals surface area contributed by atoms with Crippen molar-refractivity contribution in [2.24, 2.45) is 5.73 Å². The lowest BCUT2D eigenvalue weighted by molar-refractivity contribution is 0.0999. The van der Waals surface area contributed by atoms with Gasteiger partial charge in [-0.1, -0.05) is 13.8 Å². The molecule has 0 spiro atoms. The van der Waals surface area contributed by atoms with E-state index in [2.05, 4.69) is 15.2 Å². The van der Waals surface area contributed by atoms with Crippen LogP contribution in [-0.2, 0) is 12.8 Å². The fourth-order valence-electron chi connectivity index (χ4n) is 2.52. The van der Waals surface area contributed by atoms with E-state index in [4.69, 9.17) is 10.2 Å². The molecule has 0 aromatic carbocycles. The second-order valence-electron chi connectivity index (χ2n) is 5.16. The third kappa shape index (κ3) is 2.76. The van der Waals surface area contributed by atoms with Crippen molar-refractivity contribution < 1.29 is 9.21 Å². The van der Waals surface area contributed by atoms with E-state index in [-0.39, 0.29) is 11.1 Å². The molecule has 0 radical (unpaired) electrons. The van der Waals surface area contributed by atoms with Crippen LogP contribution in [0.2, 0.25) is 0 Å². The lowest BCUT2D eigenvalue weighted by Crippen LogP contribution is -2.16. The summed E-state index contributed by atoms with van der Waals surface area (Å²) in [6.07, 6.45) is 2.71. The number of nitrogens with two attached hydrogens (primary N) is 1. The van der Waals surface area contributed by atoms with E-state index in [1.165, 1.54) is 23.7 Å². The Hall–Kier alpha value is -2.74. The Balaban J connectivity index is 2.08. The van der Waals surface area contributed by atoms with Crippen LogP contribution in [-0.4, -0.2) is 21.1 Å². The van der Waals surface area contributed by atoms with Gasteiger partial charge >= 0.3 is 0 Å². The zero-order valence-electron chi connectivity index (χ0n) is 13.3. The first-order chi connectivity index (χ1) is 11.5. The molecule has 3 N–H and O–H groups in total. The summed E-state index contributed by atoms with van der Waals surface area (Å²) in [7, 11) is 0. The lowest BCUT2D eigenvalue weighted by Gasteiger charge is -2.07. The van der Waals surface area contributed by atoms with E-state index in [1.807, 2.05) is 13.8 Å². The summed E-state index contributed by atoms with van der Waals surface area (Å²) in [5, 5.41) is 9.02. The van der Waals surface area contributed by atoms with Gasteiger partial charge in [-0.05, 0) is 24.5 Å². The van der Waals surface area contributed by atoms with E-state index < -0.39 is 5.91 Å². The Labute approximate surface area is 141 Å². The third-order valence-corrected chi connectivity index (χ3v) is 4.57. The number of furan rings is 1. The number of rotatable bonds is 5. The maximum atomic E-state index is 12.3. The van der Waals surface area contributed by atoms with E-state index in [9.17, 15) is 9.59 Å². The maximum absolute atomic E-state index is 12.3. The number of hydrogen-bond donors (Lipinski definition) is 2. The summed E-state index contributed by atoms with van der Waals surface area (Å²) in [6.45, 7) is 3.98. The molecule has 0 saturated carbocycles. The Bertz CT molecular complexity index is 954. The second kappa shape index (κ2) is 6.40. The minimum absolute atomic E-state index is 0.262. The predicted molar refractivity (Wildman–Crippen MR) is 90.9 cm³/mol. The summed E-state index contributed by atoms with van der Waals surface area (Å²) in [6, 6.07) is 1.54. The molecular formula is C16H16N4O3S. The summed E-state index contributed by atoms with van der Waals surface area (Å²) in [5.41, 5.74) is 8.10. The number of primary amides is 1. The van der Waals surface area contributed by atoms with E-state index >= 15 is 0 Å². The molecule has 3 heterocycles. The van der Waals surface area contributed by atoms with Crippen molar-refractivity contribution in [1.82, 2.24) is 15.2 Å². The molecule has 7 nitrogen and oxygen atoms in total. The van der Waals surface area contributed by atoms with Crippen molar-refractivity contribution >= 4 is 17.2 Å². The standard InChI is InChI=1S/C16H16N4O3S/c1-3-9-10(4-2)19-20-15(22)13(9)16-18-11(7-24-16)12-5-8(6-23-12)14(17)21/h5-7H,3-4H2,1-2H3,(H2,17,21)(H,20,22). The molecule has 0 aliphatic heterocycles. The number of nitrogens with zero attached hydrogens (tertiary/aromatic N) is 2. The second-order valence-corrected chi connectivity index (χ2v) is 6.02. The van der Waals surface area contributed by atoms with Gasteiger partial charge < -0.3 is 10.2 Å². The van der Waals surface area contributed by atoms with Crippen LogP contribution in [0, 0.1) is 0 Å². The molecule has 0 atom stereocenters. The zero-order valence-corrected chi connectivity index (χ0v) is 14.1.